The van der Waals surface area contributed by atoms with Gasteiger partial charge in [-0.15, -0.1) is 0 Å². The number of likely N-dealkylation sites (tertiary alicyclic amines) is 1. The Labute approximate surface area is 90.0 Å². The second-order valence-corrected chi connectivity index (χ2v) is 4.07. The van der Waals surface area contributed by atoms with Crippen molar-refractivity contribution in [1.82, 2.24) is 4.90 Å². The zero-order chi connectivity index (χ0) is 11.4. The van der Waals surface area contributed by atoms with Gasteiger partial charge in [-0.2, -0.15) is 0 Å². The summed E-state index contributed by atoms with van der Waals surface area (Å²) in [5, 5.41) is 37.6. The lowest BCUT2D eigenvalue weighted by Gasteiger charge is -2.28. The Morgan fingerprint density at radius 1 is 1.00 bits per heavy atom. The fourth-order valence-corrected chi connectivity index (χ4v) is 2.19. The van der Waals surface area contributed by atoms with Crippen LogP contribution in [0.5, 0.6) is 0 Å². The molecule has 0 radical (unpaired) electrons. The van der Waals surface area contributed by atoms with Gasteiger partial charge in [-0.25, -0.2) is 0 Å². The predicted octanol–water partition coefficient (Wildman–Crippen LogP) is -1.45. The maximum Gasteiger partial charge on any atom is 0.0992 e. The van der Waals surface area contributed by atoms with Crippen molar-refractivity contribution in [3.8, 4) is 0 Å². The van der Waals surface area contributed by atoms with Gasteiger partial charge < -0.3 is 20.4 Å². The fraction of sp³-hybridized carbons (Fsp3) is 1.00. The molecule has 0 aromatic heterocycles. The van der Waals surface area contributed by atoms with Gasteiger partial charge in [0.05, 0.1) is 37.5 Å². The molecule has 4 atom stereocenters. The van der Waals surface area contributed by atoms with Crippen LogP contribution in [0.4, 0.5) is 0 Å². The third kappa shape index (κ3) is 2.49. The topological polar surface area (TPSA) is 84.2 Å². The van der Waals surface area contributed by atoms with E-state index in [4.69, 9.17) is 10.2 Å². The minimum atomic E-state index is -0.969. The summed E-state index contributed by atoms with van der Waals surface area (Å²) < 4.78 is 0. The van der Waals surface area contributed by atoms with Crippen LogP contribution in [-0.4, -0.2) is 69.4 Å². The van der Waals surface area contributed by atoms with E-state index in [0.717, 1.165) is 12.8 Å². The Hall–Kier alpha value is -0.200. The summed E-state index contributed by atoms with van der Waals surface area (Å²) in [6, 6.07) is -0.910. The quantitative estimate of drug-likeness (QED) is 0.454. The minimum absolute atomic E-state index is 0.196. The number of unbranched alkanes of at least 4 members (excludes halogenated alkanes) is 1. The molecule has 5 heteroatoms. The normalized spacial score (nSPS) is 37.4. The molecule has 4 N–H and O–H groups in total. The first-order chi connectivity index (χ1) is 7.17. The Kier molecular flexibility index (Phi) is 4.95. The average molecular weight is 219 g/mol. The Morgan fingerprint density at radius 2 is 1.47 bits per heavy atom. The molecule has 1 aliphatic heterocycles. The molecule has 0 bridgehead atoms. The van der Waals surface area contributed by atoms with Crippen molar-refractivity contribution in [3.63, 3.8) is 0 Å². The molecule has 5 nitrogen and oxygen atoms in total. The van der Waals surface area contributed by atoms with E-state index in [2.05, 4.69) is 0 Å². The van der Waals surface area contributed by atoms with Gasteiger partial charge >= 0.3 is 0 Å². The van der Waals surface area contributed by atoms with Crippen molar-refractivity contribution in [3.05, 3.63) is 0 Å². The van der Waals surface area contributed by atoms with E-state index in [-0.39, 0.29) is 13.2 Å². The van der Waals surface area contributed by atoms with Crippen LogP contribution in [0.2, 0.25) is 0 Å². The average Bonchev–Trinajstić information content (AvgIpc) is 2.48. The van der Waals surface area contributed by atoms with Gasteiger partial charge in [0, 0.05) is 0 Å². The van der Waals surface area contributed by atoms with Gasteiger partial charge in [-0.05, 0) is 13.0 Å². The van der Waals surface area contributed by atoms with E-state index >= 15 is 0 Å². The lowest BCUT2D eigenvalue weighted by Crippen LogP contribution is -2.43. The summed E-state index contributed by atoms with van der Waals surface area (Å²) in [5.41, 5.74) is 0. The minimum Gasteiger partial charge on any atom is -0.395 e. The summed E-state index contributed by atoms with van der Waals surface area (Å²) in [5.74, 6) is 0. The van der Waals surface area contributed by atoms with Crippen molar-refractivity contribution in [2.75, 3.05) is 19.8 Å². The second kappa shape index (κ2) is 5.77. The number of aliphatic hydroxyl groups is 4. The highest BCUT2D eigenvalue weighted by atomic mass is 16.3. The smallest absolute Gasteiger partial charge is 0.0992 e. The zero-order valence-corrected chi connectivity index (χ0v) is 9.08. The number of rotatable bonds is 5. The SMILES string of the molecule is CCCCN1C(CO)[C@@H](O)[C@H](O)[C@H]1CO. The van der Waals surface area contributed by atoms with Gasteiger partial charge in [0.2, 0.25) is 0 Å². The molecular weight excluding hydrogens is 198 g/mol. The van der Waals surface area contributed by atoms with Gasteiger partial charge in [-0.3, -0.25) is 4.90 Å². The van der Waals surface area contributed by atoms with Gasteiger partial charge in [0.1, 0.15) is 0 Å². The molecule has 1 rings (SSSR count). The molecule has 1 unspecified atom stereocenters. The Balaban J connectivity index is 2.68. The van der Waals surface area contributed by atoms with E-state index in [1.807, 2.05) is 6.92 Å². The zero-order valence-electron chi connectivity index (χ0n) is 9.08. The molecule has 1 saturated heterocycles. The van der Waals surface area contributed by atoms with Crippen LogP contribution >= 0.6 is 0 Å². The molecule has 0 spiro atoms. The van der Waals surface area contributed by atoms with Crippen LogP contribution in [0.3, 0.4) is 0 Å². The first-order valence-electron chi connectivity index (χ1n) is 5.51. The van der Waals surface area contributed by atoms with Gasteiger partial charge in [0.25, 0.3) is 0 Å². The van der Waals surface area contributed by atoms with Crippen molar-refractivity contribution in [2.24, 2.45) is 0 Å². The Bertz CT molecular complexity index is 174. The van der Waals surface area contributed by atoms with Crippen LogP contribution in [0.25, 0.3) is 0 Å². The maximum atomic E-state index is 9.67. The van der Waals surface area contributed by atoms with Crippen LogP contribution in [0.15, 0.2) is 0 Å². The fourth-order valence-electron chi connectivity index (χ4n) is 2.19. The monoisotopic (exact) mass is 219 g/mol. The number of hydrogen-bond acceptors (Lipinski definition) is 5. The highest BCUT2D eigenvalue weighted by Crippen LogP contribution is 2.25. The lowest BCUT2D eigenvalue weighted by molar-refractivity contribution is 0.0130. The van der Waals surface area contributed by atoms with Crippen molar-refractivity contribution in [2.45, 2.75) is 44.1 Å². The first kappa shape index (κ1) is 12.9. The second-order valence-electron chi connectivity index (χ2n) is 4.07. The molecule has 0 aliphatic carbocycles. The Morgan fingerprint density at radius 3 is 1.80 bits per heavy atom. The molecule has 1 heterocycles. The standard InChI is InChI=1S/C10H21NO4/c1-2-3-4-11-7(5-12)9(14)10(15)8(11)6-13/h7-10,12-15H,2-6H2,1H3/t7-,8?,9-,10-/m1/s1. The van der Waals surface area contributed by atoms with Crippen molar-refractivity contribution < 1.29 is 20.4 Å². The van der Waals surface area contributed by atoms with E-state index in [1.54, 1.807) is 4.90 Å². The summed E-state index contributed by atoms with van der Waals surface area (Å²) in [7, 11) is 0. The third-order valence-electron chi connectivity index (χ3n) is 3.13. The van der Waals surface area contributed by atoms with Crippen molar-refractivity contribution in [1.29, 1.82) is 0 Å². The van der Waals surface area contributed by atoms with E-state index in [0.29, 0.717) is 6.54 Å². The maximum absolute atomic E-state index is 9.67. The lowest BCUT2D eigenvalue weighted by atomic mass is 10.1. The molecular formula is C10H21NO4. The number of aliphatic hydroxyl groups excluding tert-OH is 4. The van der Waals surface area contributed by atoms with Crippen LogP contribution < -0.4 is 0 Å². The van der Waals surface area contributed by atoms with E-state index < -0.39 is 24.3 Å². The molecule has 1 aliphatic rings. The molecule has 0 amide bonds. The first-order valence-corrected chi connectivity index (χ1v) is 5.51. The number of hydrogen-bond donors (Lipinski definition) is 4. The highest BCUT2D eigenvalue weighted by molar-refractivity contribution is 5.00. The van der Waals surface area contributed by atoms with E-state index in [9.17, 15) is 10.2 Å². The van der Waals surface area contributed by atoms with E-state index in [1.165, 1.54) is 0 Å². The largest absolute Gasteiger partial charge is 0.395 e. The summed E-state index contributed by atoms with van der Waals surface area (Å²) in [6.07, 6.45) is -0.0150. The summed E-state index contributed by atoms with van der Waals surface area (Å²) in [4.78, 5) is 1.80. The third-order valence-corrected chi connectivity index (χ3v) is 3.13. The molecule has 0 aromatic rings. The molecule has 15 heavy (non-hydrogen) atoms. The molecule has 90 valence electrons. The van der Waals surface area contributed by atoms with Gasteiger partial charge in [-0.1, -0.05) is 13.3 Å². The highest BCUT2D eigenvalue weighted by Gasteiger charge is 2.46. The van der Waals surface area contributed by atoms with Gasteiger partial charge in [0.15, 0.2) is 0 Å². The summed E-state index contributed by atoms with van der Waals surface area (Å²) >= 11 is 0. The molecule has 0 saturated carbocycles. The van der Waals surface area contributed by atoms with Crippen LogP contribution in [0, 0.1) is 0 Å². The van der Waals surface area contributed by atoms with Crippen LogP contribution in [0.1, 0.15) is 19.8 Å². The van der Waals surface area contributed by atoms with Crippen molar-refractivity contribution >= 4 is 0 Å². The van der Waals surface area contributed by atoms with Crippen LogP contribution in [-0.2, 0) is 0 Å². The number of nitrogens with zero attached hydrogens (tertiary/aromatic N) is 1. The molecule has 1 fully saturated rings. The predicted molar refractivity (Wildman–Crippen MR) is 55.4 cm³/mol. The molecule has 0 aromatic carbocycles. The summed E-state index contributed by atoms with van der Waals surface area (Å²) in [6.45, 7) is 2.34.